The minimum absolute atomic E-state index is 0.302. The first kappa shape index (κ1) is 20.5. The van der Waals surface area contributed by atoms with Crippen LogP contribution in [0.2, 0.25) is 0 Å². The summed E-state index contributed by atoms with van der Waals surface area (Å²) in [5.74, 6) is 0.922. The van der Waals surface area contributed by atoms with Crippen molar-refractivity contribution in [1.29, 1.82) is 5.26 Å². The van der Waals surface area contributed by atoms with Gasteiger partial charge in [-0.15, -0.1) is 0 Å². The number of hydrogen-bond acceptors (Lipinski definition) is 4. The van der Waals surface area contributed by atoms with Crippen molar-refractivity contribution in [1.82, 2.24) is 4.90 Å². The summed E-state index contributed by atoms with van der Waals surface area (Å²) in [4.78, 5) is 6.89. The van der Waals surface area contributed by atoms with Crippen LogP contribution < -0.4 is 0 Å². The van der Waals surface area contributed by atoms with Crippen molar-refractivity contribution in [2.45, 2.75) is 50.9 Å². The zero-order valence-electron chi connectivity index (χ0n) is 18.3. The summed E-state index contributed by atoms with van der Waals surface area (Å²) < 4.78 is 0. The van der Waals surface area contributed by atoms with Crippen molar-refractivity contribution in [3.8, 4) is 28.3 Å². The van der Waals surface area contributed by atoms with E-state index >= 15 is 0 Å². The highest BCUT2D eigenvalue weighted by atomic mass is 16.3. The summed E-state index contributed by atoms with van der Waals surface area (Å²) in [5, 5.41) is 20.6. The third-order valence-corrected chi connectivity index (χ3v) is 6.91. The monoisotopic (exact) mass is 421 g/mol. The minimum atomic E-state index is -0.544. The van der Waals surface area contributed by atoms with E-state index in [0.29, 0.717) is 12.1 Å². The van der Waals surface area contributed by atoms with Crippen LogP contribution >= 0.6 is 0 Å². The lowest BCUT2D eigenvalue weighted by molar-refractivity contribution is 0.00347. The molecule has 2 aliphatic rings. The number of hydrogen-bond donors (Lipinski definition) is 1. The van der Waals surface area contributed by atoms with Crippen LogP contribution in [0.1, 0.15) is 43.7 Å². The third kappa shape index (κ3) is 3.59. The van der Waals surface area contributed by atoms with Crippen molar-refractivity contribution in [3.63, 3.8) is 0 Å². The van der Waals surface area contributed by atoms with E-state index in [1.807, 2.05) is 42.2 Å². The maximum atomic E-state index is 11.0. The Morgan fingerprint density at radius 2 is 1.66 bits per heavy atom. The Kier molecular flexibility index (Phi) is 5.28. The van der Waals surface area contributed by atoms with Crippen molar-refractivity contribution >= 4 is 5.84 Å². The maximum absolute atomic E-state index is 11.0. The molecule has 1 heterocycles. The summed E-state index contributed by atoms with van der Waals surface area (Å²) >= 11 is 0. The largest absolute Gasteiger partial charge is 0.371 e. The van der Waals surface area contributed by atoms with E-state index in [-0.39, 0.29) is 5.54 Å². The molecular weight excluding hydrogens is 394 g/mol. The molecular formula is C28H27N3O. The number of aliphatic imine (C=N–C) groups is 1. The van der Waals surface area contributed by atoms with Crippen LogP contribution in [0.3, 0.4) is 0 Å². The van der Waals surface area contributed by atoms with Crippen molar-refractivity contribution in [2.24, 2.45) is 4.99 Å². The van der Waals surface area contributed by atoms with Crippen LogP contribution in [0.15, 0.2) is 77.8 Å². The van der Waals surface area contributed by atoms with Gasteiger partial charge in [-0.2, -0.15) is 5.26 Å². The fourth-order valence-electron chi connectivity index (χ4n) is 5.15. The molecule has 1 unspecified atom stereocenters. The van der Waals surface area contributed by atoms with Gasteiger partial charge >= 0.3 is 0 Å². The van der Waals surface area contributed by atoms with Crippen molar-refractivity contribution < 1.29 is 5.11 Å². The molecule has 1 aliphatic carbocycles. The molecule has 3 aromatic carbocycles. The van der Waals surface area contributed by atoms with E-state index < -0.39 is 6.23 Å². The normalized spacial score (nSPS) is 19.2. The first-order valence-electron chi connectivity index (χ1n) is 11.3. The Morgan fingerprint density at radius 1 is 0.969 bits per heavy atom. The van der Waals surface area contributed by atoms with Gasteiger partial charge in [-0.1, -0.05) is 73.5 Å². The zero-order chi connectivity index (χ0) is 22.1. The second-order valence-electron chi connectivity index (χ2n) is 8.91. The van der Waals surface area contributed by atoms with Crippen LogP contribution in [0.25, 0.3) is 22.3 Å². The van der Waals surface area contributed by atoms with Gasteiger partial charge in [0.25, 0.3) is 0 Å². The number of rotatable bonds is 4. The zero-order valence-corrected chi connectivity index (χ0v) is 18.3. The van der Waals surface area contributed by atoms with Gasteiger partial charge in [-0.3, -0.25) is 4.99 Å². The molecule has 0 bridgehead atoms. The van der Waals surface area contributed by atoms with Crippen LogP contribution in [-0.4, -0.2) is 27.6 Å². The molecule has 1 N–H and O–H groups in total. The summed E-state index contributed by atoms with van der Waals surface area (Å²) in [7, 11) is 0. The first-order chi connectivity index (χ1) is 15.6. The van der Waals surface area contributed by atoms with Crippen molar-refractivity contribution in [3.05, 3.63) is 83.9 Å². The molecule has 5 rings (SSSR count). The van der Waals surface area contributed by atoms with Crippen molar-refractivity contribution in [2.75, 3.05) is 0 Å². The van der Waals surface area contributed by atoms with Crippen LogP contribution in [-0.2, 0) is 6.54 Å². The third-order valence-electron chi connectivity index (χ3n) is 6.91. The fourth-order valence-corrected chi connectivity index (χ4v) is 5.15. The molecule has 4 nitrogen and oxygen atoms in total. The average Bonchev–Trinajstić information content (AvgIpc) is 3.40. The van der Waals surface area contributed by atoms with E-state index in [9.17, 15) is 10.4 Å². The standard InChI is InChI=1S/C28H27N3O/c1-20-30-28(15-5-6-16-28)27(32)31(20)19-21-9-11-23(12-10-21)26-17-24(13-14-25(26)18-29)22-7-3-2-4-8-22/h2-4,7-14,17,27,32H,5-6,15-16,19H2,1H3. The second-order valence-corrected chi connectivity index (χ2v) is 8.91. The predicted molar refractivity (Wildman–Crippen MR) is 128 cm³/mol. The lowest BCUT2D eigenvalue weighted by Crippen LogP contribution is -2.44. The highest BCUT2D eigenvalue weighted by molar-refractivity contribution is 5.83. The molecule has 0 radical (unpaired) electrons. The molecule has 3 aromatic rings. The molecule has 4 heteroatoms. The number of nitriles is 1. The lowest BCUT2D eigenvalue weighted by atomic mass is 9.94. The molecule has 1 fully saturated rings. The van der Waals surface area contributed by atoms with Gasteiger partial charge in [0, 0.05) is 12.1 Å². The fraction of sp³-hybridized carbons (Fsp3) is 0.286. The smallest absolute Gasteiger partial charge is 0.153 e. The van der Waals surface area contributed by atoms with E-state index in [0.717, 1.165) is 59.3 Å². The molecule has 0 aromatic heterocycles. The van der Waals surface area contributed by atoms with E-state index in [2.05, 4.69) is 48.5 Å². The molecule has 0 saturated heterocycles. The topological polar surface area (TPSA) is 59.6 Å². The van der Waals surface area contributed by atoms with Gasteiger partial charge in [-0.05, 0) is 54.2 Å². The Bertz CT molecular complexity index is 1190. The van der Waals surface area contributed by atoms with Gasteiger partial charge in [0.15, 0.2) is 6.23 Å². The average molecular weight is 422 g/mol. The number of nitrogens with zero attached hydrogens (tertiary/aromatic N) is 3. The summed E-state index contributed by atoms with van der Waals surface area (Å²) in [6.45, 7) is 2.63. The van der Waals surface area contributed by atoms with E-state index in [1.165, 1.54) is 0 Å². The lowest BCUT2D eigenvalue weighted by Gasteiger charge is -2.31. The first-order valence-corrected chi connectivity index (χ1v) is 11.3. The number of benzene rings is 3. The van der Waals surface area contributed by atoms with E-state index in [1.54, 1.807) is 0 Å². The molecule has 1 atom stereocenters. The quantitative estimate of drug-likeness (QED) is 0.583. The SMILES string of the molecule is CC1=NC2(CCCC2)C(O)N1Cc1ccc(-c2cc(-c3ccccc3)ccc2C#N)cc1. The summed E-state index contributed by atoms with van der Waals surface area (Å²) in [6.07, 6.45) is 3.67. The molecule has 1 saturated carbocycles. The molecule has 160 valence electrons. The Morgan fingerprint density at radius 3 is 2.34 bits per heavy atom. The molecule has 1 spiro atoms. The van der Waals surface area contributed by atoms with Crippen LogP contribution in [0.4, 0.5) is 0 Å². The maximum Gasteiger partial charge on any atom is 0.153 e. The van der Waals surface area contributed by atoms with Gasteiger partial charge in [0.2, 0.25) is 0 Å². The van der Waals surface area contributed by atoms with Gasteiger partial charge in [-0.25, -0.2) is 0 Å². The molecule has 0 amide bonds. The molecule has 32 heavy (non-hydrogen) atoms. The Balaban J connectivity index is 1.40. The summed E-state index contributed by atoms with van der Waals surface area (Å²) in [6, 6.07) is 26.8. The number of amidine groups is 1. The summed E-state index contributed by atoms with van der Waals surface area (Å²) in [5.41, 5.74) is 5.66. The second kappa shape index (κ2) is 8.26. The van der Waals surface area contributed by atoms with Crippen LogP contribution in [0, 0.1) is 11.3 Å². The highest BCUT2D eigenvalue weighted by Gasteiger charge is 2.48. The number of aliphatic hydroxyl groups excluding tert-OH is 1. The van der Waals surface area contributed by atoms with Gasteiger partial charge in [0.05, 0.1) is 17.5 Å². The Labute approximate surface area is 189 Å². The van der Waals surface area contributed by atoms with Crippen LogP contribution in [0.5, 0.6) is 0 Å². The minimum Gasteiger partial charge on any atom is -0.371 e. The molecule has 1 aliphatic heterocycles. The number of aliphatic hydroxyl groups is 1. The Hall–Kier alpha value is -3.42. The van der Waals surface area contributed by atoms with E-state index in [4.69, 9.17) is 4.99 Å². The predicted octanol–water partition coefficient (Wildman–Crippen LogP) is 5.76. The van der Waals surface area contributed by atoms with Gasteiger partial charge < -0.3 is 10.0 Å². The highest BCUT2D eigenvalue weighted by Crippen LogP contribution is 2.42. The van der Waals surface area contributed by atoms with Gasteiger partial charge in [0.1, 0.15) is 5.54 Å².